The number of ketones is 1. The highest BCUT2D eigenvalue weighted by Gasteiger charge is 2.37. The number of nitrogens with zero attached hydrogens (tertiary/aromatic N) is 1. The van der Waals surface area contributed by atoms with E-state index < -0.39 is 0 Å². The standard InChI is InChI=1S/C18H15Cl2NO2/c1-18(2,3)11-6-4-10(5-7-11)16-17(22)12-8-13(19)14(20)9-15(12)21(16)23/h4-9H,1-3H3. The fourth-order valence-electron chi connectivity index (χ4n) is 2.60. The average molecular weight is 348 g/mol. The van der Waals surface area contributed by atoms with Crippen LogP contribution in [0.2, 0.25) is 10.0 Å². The third kappa shape index (κ3) is 2.64. The van der Waals surface area contributed by atoms with Gasteiger partial charge in [-0.2, -0.15) is 4.74 Å². The lowest BCUT2D eigenvalue weighted by molar-refractivity contribution is -0.355. The van der Waals surface area contributed by atoms with Crippen LogP contribution in [0.25, 0.3) is 0 Å². The molecule has 0 aliphatic carbocycles. The molecule has 0 N–H and O–H groups in total. The molecular weight excluding hydrogens is 333 g/mol. The molecule has 0 saturated heterocycles. The lowest BCUT2D eigenvalue weighted by atomic mass is 9.86. The number of hydrogen-bond donors (Lipinski definition) is 0. The Morgan fingerprint density at radius 2 is 1.57 bits per heavy atom. The minimum Gasteiger partial charge on any atom is -0.618 e. The summed E-state index contributed by atoms with van der Waals surface area (Å²) in [6.45, 7) is 6.32. The predicted molar refractivity (Wildman–Crippen MR) is 93.3 cm³/mol. The monoisotopic (exact) mass is 347 g/mol. The first-order valence-electron chi connectivity index (χ1n) is 7.19. The summed E-state index contributed by atoms with van der Waals surface area (Å²) in [6, 6.07) is 10.4. The molecule has 0 saturated carbocycles. The third-order valence-corrected chi connectivity index (χ3v) is 4.67. The van der Waals surface area contributed by atoms with Crippen molar-refractivity contribution >= 4 is 40.4 Å². The second kappa shape index (κ2) is 5.36. The van der Waals surface area contributed by atoms with Crippen molar-refractivity contribution in [3.8, 4) is 0 Å². The van der Waals surface area contributed by atoms with Gasteiger partial charge in [-0.25, -0.2) is 0 Å². The van der Waals surface area contributed by atoms with Crippen molar-refractivity contribution in [3.63, 3.8) is 0 Å². The van der Waals surface area contributed by atoms with E-state index in [0.717, 1.165) is 5.56 Å². The lowest BCUT2D eigenvalue weighted by Crippen LogP contribution is -2.17. The maximum absolute atomic E-state index is 12.6. The minimum atomic E-state index is -0.336. The Labute approximate surface area is 144 Å². The summed E-state index contributed by atoms with van der Waals surface area (Å²) in [5.41, 5.74) is 2.33. The molecule has 0 radical (unpaired) electrons. The van der Waals surface area contributed by atoms with Gasteiger partial charge in [0.05, 0.1) is 15.6 Å². The molecule has 0 spiro atoms. The van der Waals surface area contributed by atoms with E-state index >= 15 is 0 Å². The summed E-state index contributed by atoms with van der Waals surface area (Å²) in [6.07, 6.45) is 0. The number of carbonyl (C=O) groups is 1. The molecule has 0 fully saturated rings. The molecule has 5 heteroatoms. The van der Waals surface area contributed by atoms with Gasteiger partial charge >= 0.3 is 0 Å². The molecule has 3 nitrogen and oxygen atoms in total. The summed E-state index contributed by atoms with van der Waals surface area (Å²) in [5.74, 6) is -0.336. The Balaban J connectivity index is 2.09. The van der Waals surface area contributed by atoms with E-state index in [-0.39, 0.29) is 38.2 Å². The first-order chi connectivity index (χ1) is 10.7. The number of fused-ring (bicyclic) bond motifs is 1. The Hall–Kier alpha value is -1.84. The normalized spacial score (nSPS) is 14.4. The lowest BCUT2D eigenvalue weighted by Gasteiger charge is -2.18. The van der Waals surface area contributed by atoms with Gasteiger partial charge in [0.25, 0.3) is 11.5 Å². The number of hydrogen-bond acceptors (Lipinski definition) is 2. The van der Waals surface area contributed by atoms with Crippen molar-refractivity contribution in [1.82, 2.24) is 0 Å². The molecule has 0 atom stereocenters. The summed E-state index contributed by atoms with van der Waals surface area (Å²) >= 11 is 11.9. The van der Waals surface area contributed by atoms with Crippen LogP contribution < -0.4 is 0 Å². The van der Waals surface area contributed by atoms with Crippen molar-refractivity contribution in [1.29, 1.82) is 0 Å². The summed E-state index contributed by atoms with van der Waals surface area (Å²) in [7, 11) is 0. The van der Waals surface area contributed by atoms with Crippen LogP contribution in [0.4, 0.5) is 5.69 Å². The second-order valence-corrected chi connectivity index (χ2v) is 7.40. The molecule has 0 amide bonds. The van der Waals surface area contributed by atoms with Crippen LogP contribution in [-0.2, 0) is 5.41 Å². The van der Waals surface area contributed by atoms with Gasteiger partial charge in [0.1, 0.15) is 5.56 Å². The van der Waals surface area contributed by atoms with Gasteiger partial charge in [0, 0.05) is 6.07 Å². The van der Waals surface area contributed by atoms with Crippen molar-refractivity contribution in [2.24, 2.45) is 0 Å². The first kappa shape index (κ1) is 16.0. The highest BCUT2D eigenvalue weighted by atomic mass is 35.5. The Morgan fingerprint density at radius 3 is 2.13 bits per heavy atom. The van der Waals surface area contributed by atoms with Gasteiger partial charge < -0.3 is 5.21 Å². The summed E-state index contributed by atoms with van der Waals surface area (Å²) in [4.78, 5) is 12.6. The summed E-state index contributed by atoms with van der Waals surface area (Å²) in [5, 5.41) is 13.0. The van der Waals surface area contributed by atoms with E-state index in [0.29, 0.717) is 10.3 Å². The molecule has 2 aromatic rings. The summed E-state index contributed by atoms with van der Waals surface area (Å²) < 4.78 is 0.631. The van der Waals surface area contributed by atoms with Crippen LogP contribution >= 0.6 is 23.2 Å². The van der Waals surface area contributed by atoms with Gasteiger partial charge in [-0.1, -0.05) is 56.1 Å². The van der Waals surface area contributed by atoms with Crippen LogP contribution in [0, 0.1) is 5.21 Å². The zero-order valence-corrected chi connectivity index (χ0v) is 14.5. The Bertz CT molecular complexity index is 847. The molecule has 2 aromatic carbocycles. The van der Waals surface area contributed by atoms with E-state index in [2.05, 4.69) is 20.8 Å². The maximum atomic E-state index is 12.6. The number of benzene rings is 2. The molecule has 3 rings (SSSR count). The Morgan fingerprint density at radius 1 is 1.00 bits per heavy atom. The van der Waals surface area contributed by atoms with Gasteiger partial charge in [-0.15, -0.1) is 0 Å². The van der Waals surface area contributed by atoms with Crippen LogP contribution in [0.3, 0.4) is 0 Å². The van der Waals surface area contributed by atoms with Crippen molar-refractivity contribution in [2.45, 2.75) is 26.2 Å². The molecular formula is C18H15Cl2NO2. The molecule has 0 bridgehead atoms. The van der Waals surface area contributed by atoms with E-state index in [1.165, 1.54) is 12.1 Å². The smallest absolute Gasteiger partial charge is 0.272 e. The SMILES string of the molecule is CC(C)(C)c1ccc(C2=[N+]([O-])c3cc(Cl)c(Cl)cc3C2=O)cc1. The van der Waals surface area contributed by atoms with Gasteiger partial charge in [0.2, 0.25) is 5.69 Å². The van der Waals surface area contributed by atoms with Crippen molar-refractivity contribution < 1.29 is 9.53 Å². The van der Waals surface area contributed by atoms with Gasteiger partial charge in [0.15, 0.2) is 0 Å². The number of halogens is 2. The van der Waals surface area contributed by atoms with Crippen LogP contribution in [0.15, 0.2) is 36.4 Å². The van der Waals surface area contributed by atoms with Gasteiger partial charge in [-0.05, 0) is 29.2 Å². The van der Waals surface area contributed by atoms with E-state index in [4.69, 9.17) is 23.2 Å². The molecule has 23 heavy (non-hydrogen) atoms. The zero-order valence-electron chi connectivity index (χ0n) is 13.0. The van der Waals surface area contributed by atoms with Gasteiger partial charge in [-0.3, -0.25) is 4.79 Å². The molecule has 1 heterocycles. The van der Waals surface area contributed by atoms with Crippen molar-refractivity contribution in [2.75, 3.05) is 0 Å². The van der Waals surface area contributed by atoms with E-state index in [9.17, 15) is 10.0 Å². The van der Waals surface area contributed by atoms with E-state index in [1.54, 1.807) is 12.1 Å². The topological polar surface area (TPSA) is 43.1 Å². The predicted octanol–water partition coefficient (Wildman–Crippen LogP) is 5.12. The highest BCUT2D eigenvalue weighted by molar-refractivity contribution is 6.53. The van der Waals surface area contributed by atoms with Crippen molar-refractivity contribution in [3.05, 3.63) is 68.3 Å². The molecule has 118 valence electrons. The average Bonchev–Trinajstić information content (AvgIpc) is 2.71. The molecule has 0 aromatic heterocycles. The third-order valence-electron chi connectivity index (χ3n) is 3.94. The fourth-order valence-corrected chi connectivity index (χ4v) is 2.92. The highest BCUT2D eigenvalue weighted by Crippen LogP contribution is 2.35. The molecule has 0 unspecified atom stereocenters. The quantitative estimate of drug-likeness (QED) is 0.530. The Kier molecular flexibility index (Phi) is 3.74. The second-order valence-electron chi connectivity index (χ2n) is 6.58. The van der Waals surface area contributed by atoms with Crippen LogP contribution in [0.1, 0.15) is 42.3 Å². The molecule has 1 aliphatic rings. The number of rotatable bonds is 1. The van der Waals surface area contributed by atoms with E-state index in [1.807, 2.05) is 12.1 Å². The zero-order chi connectivity index (χ0) is 16.9. The minimum absolute atomic E-state index is 0.00402. The number of Topliss-reactive ketones (excluding diaryl/α,β-unsaturated/α-hetero) is 1. The number of carbonyl (C=O) groups excluding carboxylic acids is 1. The maximum Gasteiger partial charge on any atom is 0.272 e. The first-order valence-corrected chi connectivity index (χ1v) is 7.94. The molecule has 1 aliphatic heterocycles. The van der Waals surface area contributed by atoms with Crippen LogP contribution in [-0.4, -0.2) is 16.2 Å². The van der Waals surface area contributed by atoms with Crippen LogP contribution in [0.5, 0.6) is 0 Å². The largest absolute Gasteiger partial charge is 0.618 e. The fraction of sp³-hybridized carbons (Fsp3) is 0.222.